The van der Waals surface area contributed by atoms with E-state index < -0.39 is 4.92 Å². The average Bonchev–Trinajstić information content (AvgIpc) is 2.45. The highest BCUT2D eigenvalue weighted by Crippen LogP contribution is 2.31. The summed E-state index contributed by atoms with van der Waals surface area (Å²) >= 11 is 0. The zero-order valence-electron chi connectivity index (χ0n) is 11.1. The Bertz CT molecular complexity index is 519. The number of nitro benzene ring substituents is 1. The first-order chi connectivity index (χ1) is 9.55. The van der Waals surface area contributed by atoms with Gasteiger partial charge in [0.1, 0.15) is 12.0 Å². The first kappa shape index (κ1) is 14.4. The van der Waals surface area contributed by atoms with Crippen LogP contribution in [0.3, 0.4) is 0 Å². The van der Waals surface area contributed by atoms with Gasteiger partial charge in [-0.15, -0.1) is 0 Å². The van der Waals surface area contributed by atoms with Crippen molar-refractivity contribution in [3.8, 4) is 0 Å². The summed E-state index contributed by atoms with van der Waals surface area (Å²) in [6, 6.07) is 4.37. The lowest BCUT2D eigenvalue weighted by atomic mass is 10.1. The van der Waals surface area contributed by atoms with Crippen LogP contribution in [0.4, 0.5) is 11.4 Å². The molecule has 0 aromatic heterocycles. The number of aliphatic hydroxyl groups excluding tert-OH is 1. The highest BCUT2D eigenvalue weighted by atomic mass is 16.6. The van der Waals surface area contributed by atoms with E-state index in [0.29, 0.717) is 25.1 Å². The van der Waals surface area contributed by atoms with Crippen molar-refractivity contribution in [1.29, 1.82) is 0 Å². The second-order valence-corrected chi connectivity index (χ2v) is 4.78. The Morgan fingerprint density at radius 1 is 1.55 bits per heavy atom. The second kappa shape index (κ2) is 5.98. The van der Waals surface area contributed by atoms with Gasteiger partial charge in [-0.2, -0.15) is 0 Å². The summed E-state index contributed by atoms with van der Waals surface area (Å²) in [7, 11) is 0. The summed E-state index contributed by atoms with van der Waals surface area (Å²) in [5, 5.41) is 20.3. The van der Waals surface area contributed by atoms with E-state index in [2.05, 4.69) is 0 Å². The Hall–Kier alpha value is -1.99. The molecule has 108 valence electrons. The predicted octanol–water partition coefficient (Wildman–Crippen LogP) is 0.993. The molecule has 1 heterocycles. The number of rotatable bonds is 4. The molecular formula is C13H16N2O5. The molecule has 1 aromatic rings. The largest absolute Gasteiger partial charge is 0.394 e. The summed E-state index contributed by atoms with van der Waals surface area (Å²) in [6.45, 7) is 2.58. The van der Waals surface area contributed by atoms with Gasteiger partial charge in [0.15, 0.2) is 0 Å². The maximum Gasteiger partial charge on any atom is 0.293 e. The number of aldehydes is 1. The molecule has 1 aliphatic heterocycles. The average molecular weight is 280 g/mol. The SMILES string of the molecule is CC1CN(c2ccc(C=O)cc2[N+](=O)[O-])CC(CO)O1. The van der Waals surface area contributed by atoms with E-state index in [9.17, 15) is 20.0 Å². The Labute approximate surface area is 115 Å². The molecule has 1 aromatic carbocycles. The third-order valence-corrected chi connectivity index (χ3v) is 3.20. The van der Waals surface area contributed by atoms with Crippen LogP contribution in [0.15, 0.2) is 18.2 Å². The van der Waals surface area contributed by atoms with Gasteiger partial charge in [-0.05, 0) is 19.1 Å². The second-order valence-electron chi connectivity index (χ2n) is 4.78. The summed E-state index contributed by atoms with van der Waals surface area (Å²) in [4.78, 5) is 23.2. The molecule has 2 rings (SSSR count). The van der Waals surface area contributed by atoms with Crippen molar-refractivity contribution >= 4 is 17.7 Å². The normalized spacial score (nSPS) is 22.6. The highest BCUT2D eigenvalue weighted by molar-refractivity contribution is 5.79. The number of hydrogen-bond donors (Lipinski definition) is 1. The fourth-order valence-electron chi connectivity index (χ4n) is 2.37. The Morgan fingerprint density at radius 3 is 2.90 bits per heavy atom. The number of benzene rings is 1. The lowest BCUT2D eigenvalue weighted by Gasteiger charge is -2.37. The number of aliphatic hydroxyl groups is 1. The minimum atomic E-state index is -0.504. The van der Waals surface area contributed by atoms with Gasteiger partial charge in [0.05, 0.1) is 23.7 Å². The molecular weight excluding hydrogens is 264 g/mol. The number of ether oxygens (including phenoxy) is 1. The molecule has 1 N–H and O–H groups in total. The highest BCUT2D eigenvalue weighted by Gasteiger charge is 2.29. The lowest BCUT2D eigenvalue weighted by Crippen LogP contribution is -2.48. The lowest BCUT2D eigenvalue weighted by molar-refractivity contribution is -0.384. The maximum atomic E-state index is 11.1. The van der Waals surface area contributed by atoms with Crippen LogP contribution < -0.4 is 4.90 Å². The van der Waals surface area contributed by atoms with Crippen LogP contribution in [-0.2, 0) is 4.74 Å². The smallest absolute Gasteiger partial charge is 0.293 e. The number of morpholine rings is 1. The predicted molar refractivity (Wildman–Crippen MR) is 72.1 cm³/mol. The molecule has 7 nitrogen and oxygen atoms in total. The van der Waals surface area contributed by atoms with E-state index in [1.165, 1.54) is 6.07 Å². The van der Waals surface area contributed by atoms with Gasteiger partial charge in [0.2, 0.25) is 0 Å². The molecule has 1 aliphatic rings. The molecule has 0 saturated carbocycles. The van der Waals surface area contributed by atoms with E-state index >= 15 is 0 Å². The van der Waals surface area contributed by atoms with Crippen molar-refractivity contribution in [2.45, 2.75) is 19.1 Å². The van der Waals surface area contributed by atoms with E-state index in [0.717, 1.165) is 0 Å². The van der Waals surface area contributed by atoms with E-state index in [-0.39, 0.29) is 30.1 Å². The van der Waals surface area contributed by atoms with Crippen LogP contribution >= 0.6 is 0 Å². The van der Waals surface area contributed by atoms with Crippen LogP contribution in [0, 0.1) is 10.1 Å². The van der Waals surface area contributed by atoms with Crippen molar-refractivity contribution in [1.82, 2.24) is 0 Å². The summed E-state index contributed by atoms with van der Waals surface area (Å²) in [5.41, 5.74) is 0.593. The van der Waals surface area contributed by atoms with Gasteiger partial charge >= 0.3 is 0 Å². The van der Waals surface area contributed by atoms with Gasteiger partial charge in [-0.3, -0.25) is 14.9 Å². The van der Waals surface area contributed by atoms with Crippen molar-refractivity contribution < 1.29 is 19.6 Å². The molecule has 0 spiro atoms. The zero-order valence-corrected chi connectivity index (χ0v) is 11.1. The Kier molecular flexibility index (Phi) is 4.31. The third-order valence-electron chi connectivity index (χ3n) is 3.20. The topological polar surface area (TPSA) is 92.9 Å². The first-order valence-corrected chi connectivity index (χ1v) is 6.30. The first-order valence-electron chi connectivity index (χ1n) is 6.30. The van der Waals surface area contributed by atoms with Crippen molar-refractivity contribution in [3.63, 3.8) is 0 Å². The number of carbonyl (C=O) groups excluding carboxylic acids is 1. The molecule has 20 heavy (non-hydrogen) atoms. The molecule has 0 aliphatic carbocycles. The zero-order chi connectivity index (χ0) is 14.7. The van der Waals surface area contributed by atoms with Gasteiger partial charge in [0.25, 0.3) is 5.69 Å². The van der Waals surface area contributed by atoms with Gasteiger partial charge in [0, 0.05) is 24.7 Å². The molecule has 1 fully saturated rings. The standard InChI is InChI=1S/C13H16N2O5/c1-9-5-14(6-11(8-17)20-9)12-3-2-10(7-16)4-13(12)15(18)19/h2-4,7,9,11,17H,5-6,8H2,1H3. The van der Waals surface area contributed by atoms with Crippen LogP contribution in [0.25, 0.3) is 0 Å². The molecule has 1 saturated heterocycles. The number of carbonyl (C=O) groups is 1. The van der Waals surface area contributed by atoms with Gasteiger partial charge < -0.3 is 14.7 Å². The van der Waals surface area contributed by atoms with Crippen LogP contribution in [-0.4, -0.2) is 48.2 Å². The number of nitro groups is 1. The monoisotopic (exact) mass is 280 g/mol. The molecule has 0 bridgehead atoms. The molecule has 7 heteroatoms. The minimum absolute atomic E-state index is 0.111. The van der Waals surface area contributed by atoms with E-state index in [4.69, 9.17) is 4.74 Å². The Morgan fingerprint density at radius 2 is 2.30 bits per heavy atom. The third kappa shape index (κ3) is 2.94. The van der Waals surface area contributed by atoms with Crippen molar-refractivity contribution in [2.75, 3.05) is 24.6 Å². The molecule has 2 unspecified atom stereocenters. The van der Waals surface area contributed by atoms with Crippen molar-refractivity contribution in [3.05, 3.63) is 33.9 Å². The summed E-state index contributed by atoms with van der Waals surface area (Å²) < 4.78 is 5.51. The fraction of sp³-hybridized carbons (Fsp3) is 0.462. The minimum Gasteiger partial charge on any atom is -0.394 e. The van der Waals surface area contributed by atoms with Crippen LogP contribution in [0.1, 0.15) is 17.3 Å². The number of anilines is 1. The van der Waals surface area contributed by atoms with E-state index in [1.807, 2.05) is 11.8 Å². The molecule has 0 radical (unpaired) electrons. The van der Waals surface area contributed by atoms with E-state index in [1.54, 1.807) is 12.1 Å². The Balaban J connectivity index is 2.35. The number of nitrogens with zero attached hydrogens (tertiary/aromatic N) is 2. The van der Waals surface area contributed by atoms with Gasteiger partial charge in [-0.25, -0.2) is 0 Å². The maximum absolute atomic E-state index is 11.1. The molecule has 2 atom stereocenters. The summed E-state index contributed by atoms with van der Waals surface area (Å²) in [6.07, 6.45) is 0.0743. The quantitative estimate of drug-likeness (QED) is 0.502. The number of hydrogen-bond acceptors (Lipinski definition) is 6. The van der Waals surface area contributed by atoms with Crippen molar-refractivity contribution in [2.24, 2.45) is 0 Å². The van der Waals surface area contributed by atoms with Crippen LogP contribution in [0.5, 0.6) is 0 Å². The summed E-state index contributed by atoms with van der Waals surface area (Å²) in [5.74, 6) is 0. The fourth-order valence-corrected chi connectivity index (χ4v) is 2.37. The van der Waals surface area contributed by atoms with Crippen LogP contribution in [0.2, 0.25) is 0 Å². The van der Waals surface area contributed by atoms with Gasteiger partial charge in [-0.1, -0.05) is 0 Å². The molecule has 0 amide bonds.